The van der Waals surface area contributed by atoms with E-state index in [9.17, 15) is 14.0 Å². The Hall–Kier alpha value is -3.94. The van der Waals surface area contributed by atoms with Crippen LogP contribution in [0.2, 0.25) is 0 Å². The topological polar surface area (TPSA) is 74.2 Å². The maximum atomic E-state index is 13.8. The molecule has 36 heavy (non-hydrogen) atoms. The van der Waals surface area contributed by atoms with E-state index in [1.165, 1.54) is 17.7 Å². The maximum Gasteiger partial charge on any atom is 0.270 e. The molecule has 7 nitrogen and oxygen atoms in total. The van der Waals surface area contributed by atoms with Gasteiger partial charge in [0.05, 0.1) is 36.1 Å². The summed E-state index contributed by atoms with van der Waals surface area (Å²) < 4.78 is 15.7. The first-order chi connectivity index (χ1) is 17.3. The first kappa shape index (κ1) is 22.5. The van der Waals surface area contributed by atoms with E-state index in [1.54, 1.807) is 17.2 Å². The smallest absolute Gasteiger partial charge is 0.270 e. The fraction of sp³-hybridized carbons (Fsp3) is 0.321. The normalized spacial score (nSPS) is 16.2. The molecule has 0 spiro atoms. The first-order valence-corrected chi connectivity index (χ1v) is 12.2. The monoisotopic (exact) mass is 485 g/mol. The molecule has 0 saturated heterocycles. The molecular weight excluding hydrogens is 457 g/mol. The SMILES string of the molecule is Cc1ccc(C2(N(C)C(=O)c3cnn4c3CN(C(=O)c3cc5c(C)cc(F)cc5[nH]3)CC4)CC2)cc1. The Morgan fingerprint density at radius 1 is 1.08 bits per heavy atom. The van der Waals surface area contributed by atoms with E-state index in [-0.39, 0.29) is 29.7 Å². The number of amides is 2. The van der Waals surface area contributed by atoms with Crippen LogP contribution in [0.4, 0.5) is 4.39 Å². The Morgan fingerprint density at radius 3 is 2.56 bits per heavy atom. The van der Waals surface area contributed by atoms with Crippen molar-refractivity contribution in [1.29, 1.82) is 0 Å². The van der Waals surface area contributed by atoms with Crippen LogP contribution in [0.25, 0.3) is 10.9 Å². The van der Waals surface area contributed by atoms with Crippen LogP contribution in [0.3, 0.4) is 0 Å². The minimum atomic E-state index is -0.339. The molecule has 184 valence electrons. The summed E-state index contributed by atoms with van der Waals surface area (Å²) in [7, 11) is 1.86. The highest BCUT2D eigenvalue weighted by atomic mass is 19.1. The maximum absolute atomic E-state index is 13.8. The molecule has 1 saturated carbocycles. The van der Waals surface area contributed by atoms with Crippen LogP contribution in [0, 0.1) is 19.7 Å². The van der Waals surface area contributed by atoms with Gasteiger partial charge in [0.2, 0.25) is 0 Å². The predicted molar refractivity (Wildman–Crippen MR) is 134 cm³/mol. The Bertz CT molecular complexity index is 1510. The third-order valence-corrected chi connectivity index (χ3v) is 7.79. The average molecular weight is 486 g/mol. The number of H-pyrrole nitrogens is 1. The molecule has 2 amide bonds. The van der Waals surface area contributed by atoms with Gasteiger partial charge in [-0.15, -0.1) is 0 Å². The number of nitrogens with zero attached hydrogens (tertiary/aromatic N) is 4. The summed E-state index contributed by atoms with van der Waals surface area (Å²) in [6.45, 7) is 5.15. The molecule has 0 bridgehead atoms. The molecule has 1 fully saturated rings. The molecular formula is C28H28FN5O2. The molecule has 4 aromatic rings. The number of nitrogens with one attached hydrogen (secondary N) is 1. The predicted octanol–water partition coefficient (Wildman–Crippen LogP) is 4.54. The number of halogens is 1. The van der Waals surface area contributed by atoms with Gasteiger partial charge in [0, 0.05) is 24.5 Å². The van der Waals surface area contributed by atoms with Gasteiger partial charge in [-0.3, -0.25) is 14.3 Å². The number of fused-ring (bicyclic) bond motifs is 2. The third kappa shape index (κ3) is 3.51. The molecule has 2 aromatic heterocycles. The highest BCUT2D eigenvalue weighted by Crippen LogP contribution is 2.51. The zero-order chi connectivity index (χ0) is 25.2. The van der Waals surface area contributed by atoms with E-state index in [1.807, 2.05) is 23.6 Å². The number of aromatic nitrogens is 3. The van der Waals surface area contributed by atoms with Crippen LogP contribution in [0.1, 0.15) is 56.1 Å². The number of hydrogen-bond donors (Lipinski definition) is 1. The molecule has 1 aliphatic heterocycles. The van der Waals surface area contributed by atoms with Crippen molar-refractivity contribution in [3.8, 4) is 0 Å². The van der Waals surface area contributed by atoms with Crippen molar-refractivity contribution in [3.05, 3.63) is 88.1 Å². The number of carbonyl (C=O) groups excluding carboxylic acids is 2. The Balaban J connectivity index is 1.25. The lowest BCUT2D eigenvalue weighted by Gasteiger charge is -2.31. The van der Waals surface area contributed by atoms with Crippen LogP contribution in [-0.2, 0) is 18.6 Å². The van der Waals surface area contributed by atoms with Gasteiger partial charge in [-0.05, 0) is 56.0 Å². The van der Waals surface area contributed by atoms with Gasteiger partial charge in [-0.2, -0.15) is 5.10 Å². The average Bonchev–Trinajstić information content (AvgIpc) is 3.38. The highest BCUT2D eigenvalue weighted by molar-refractivity contribution is 5.99. The zero-order valence-electron chi connectivity index (χ0n) is 20.6. The summed E-state index contributed by atoms with van der Waals surface area (Å²) in [6.07, 6.45) is 3.47. The van der Waals surface area contributed by atoms with Crippen molar-refractivity contribution in [2.45, 2.75) is 45.3 Å². The molecule has 8 heteroatoms. The summed E-state index contributed by atoms with van der Waals surface area (Å²) in [4.78, 5) is 33.7. The zero-order valence-corrected chi connectivity index (χ0v) is 20.6. The van der Waals surface area contributed by atoms with Gasteiger partial charge in [0.1, 0.15) is 11.5 Å². The van der Waals surface area contributed by atoms with Crippen LogP contribution in [-0.4, -0.2) is 50.0 Å². The summed E-state index contributed by atoms with van der Waals surface area (Å²) >= 11 is 0. The number of carbonyl (C=O) groups is 2. The first-order valence-electron chi connectivity index (χ1n) is 12.2. The molecule has 6 rings (SSSR count). The van der Waals surface area contributed by atoms with E-state index in [0.29, 0.717) is 29.9 Å². The van der Waals surface area contributed by atoms with E-state index in [4.69, 9.17) is 0 Å². The summed E-state index contributed by atoms with van der Waals surface area (Å²) in [5.41, 5.74) is 5.10. The fourth-order valence-electron chi connectivity index (χ4n) is 5.43. The lowest BCUT2D eigenvalue weighted by molar-refractivity contribution is 0.0670. The fourth-order valence-corrected chi connectivity index (χ4v) is 5.43. The second-order valence-electron chi connectivity index (χ2n) is 10.1. The molecule has 2 aliphatic rings. The Morgan fingerprint density at radius 2 is 1.83 bits per heavy atom. The lowest BCUT2D eigenvalue weighted by Crippen LogP contribution is -2.41. The van der Waals surface area contributed by atoms with Crippen LogP contribution in [0.15, 0.2) is 48.7 Å². The molecule has 0 atom stereocenters. The van der Waals surface area contributed by atoms with E-state index in [0.717, 1.165) is 35.0 Å². The summed E-state index contributed by atoms with van der Waals surface area (Å²) in [5.74, 6) is -0.599. The minimum Gasteiger partial charge on any atom is -0.350 e. The third-order valence-electron chi connectivity index (χ3n) is 7.79. The Kier molecular flexibility index (Phi) is 5.03. The van der Waals surface area contributed by atoms with Crippen molar-refractivity contribution >= 4 is 22.7 Å². The molecule has 2 aromatic carbocycles. The number of benzene rings is 2. The Labute approximate surface area is 208 Å². The number of aromatic amines is 1. The van der Waals surface area contributed by atoms with Crippen molar-refractivity contribution < 1.29 is 14.0 Å². The van der Waals surface area contributed by atoms with Gasteiger partial charge in [0.15, 0.2) is 0 Å². The van der Waals surface area contributed by atoms with Crippen LogP contribution in [0.5, 0.6) is 0 Å². The van der Waals surface area contributed by atoms with E-state index < -0.39 is 0 Å². The number of hydrogen-bond acceptors (Lipinski definition) is 3. The second-order valence-corrected chi connectivity index (χ2v) is 10.1. The summed E-state index contributed by atoms with van der Waals surface area (Å²) in [5, 5.41) is 5.28. The van der Waals surface area contributed by atoms with Crippen molar-refractivity contribution in [3.63, 3.8) is 0 Å². The van der Waals surface area contributed by atoms with Gasteiger partial charge < -0.3 is 14.8 Å². The largest absolute Gasteiger partial charge is 0.350 e. The highest BCUT2D eigenvalue weighted by Gasteiger charge is 2.50. The van der Waals surface area contributed by atoms with Gasteiger partial charge in [0.25, 0.3) is 11.8 Å². The van der Waals surface area contributed by atoms with Crippen molar-refractivity contribution in [2.24, 2.45) is 0 Å². The number of aryl methyl sites for hydroxylation is 2. The summed E-state index contributed by atoms with van der Waals surface area (Å²) in [6, 6.07) is 13.0. The molecule has 1 N–H and O–H groups in total. The van der Waals surface area contributed by atoms with Gasteiger partial charge in [-0.1, -0.05) is 29.8 Å². The quantitative estimate of drug-likeness (QED) is 0.461. The van der Waals surface area contributed by atoms with Gasteiger partial charge in [-0.25, -0.2) is 4.39 Å². The molecule has 0 unspecified atom stereocenters. The van der Waals surface area contributed by atoms with Crippen LogP contribution < -0.4 is 0 Å². The van der Waals surface area contributed by atoms with Crippen molar-refractivity contribution in [1.82, 2.24) is 24.6 Å². The lowest BCUT2D eigenvalue weighted by atomic mass is 10.0. The van der Waals surface area contributed by atoms with E-state index >= 15 is 0 Å². The van der Waals surface area contributed by atoms with E-state index in [2.05, 4.69) is 41.3 Å². The number of rotatable bonds is 4. The molecule has 3 heterocycles. The van der Waals surface area contributed by atoms with Crippen LogP contribution >= 0.6 is 0 Å². The standard InChI is InChI=1S/C28H28FN5O2/c1-17-4-6-19(7-5-17)28(8-9-28)32(3)26(35)22-15-30-34-11-10-33(16-25(22)34)27(36)24-14-21-18(2)12-20(29)13-23(21)31-24/h4-7,12-15,31H,8-11,16H2,1-3H3. The minimum absolute atomic E-state index is 0.0830. The molecule has 0 radical (unpaired) electrons. The van der Waals surface area contributed by atoms with Gasteiger partial charge >= 0.3 is 0 Å². The molecule has 1 aliphatic carbocycles. The second kappa shape index (κ2) is 8.05. The van der Waals surface area contributed by atoms with Crippen molar-refractivity contribution in [2.75, 3.05) is 13.6 Å².